The van der Waals surface area contributed by atoms with E-state index in [0.717, 1.165) is 20.6 Å². The van der Waals surface area contributed by atoms with Crippen LogP contribution >= 0.6 is 22.9 Å². The number of nitrogens with one attached hydrogen (secondary N) is 1. The molecule has 3 rings (SSSR count). The minimum atomic E-state index is -3.77. The number of hydrogen-bond acceptors (Lipinski definition) is 6. The molecule has 29 heavy (non-hydrogen) atoms. The van der Waals surface area contributed by atoms with Gasteiger partial charge in [-0.1, -0.05) is 28.2 Å². The van der Waals surface area contributed by atoms with Gasteiger partial charge < -0.3 is 0 Å². The SMILES string of the molecule is CON(C)S(=O)(=O)c1ccc(C(=O)Nc2nc(-c3ccc(Cl)cc3)c(C)s2)cc1. The zero-order valence-corrected chi connectivity index (χ0v) is 18.2. The summed E-state index contributed by atoms with van der Waals surface area (Å²) in [7, 11) is -1.22. The van der Waals surface area contributed by atoms with Gasteiger partial charge in [-0.05, 0) is 43.3 Å². The number of amides is 1. The Morgan fingerprint density at radius 2 is 1.76 bits per heavy atom. The van der Waals surface area contributed by atoms with Crippen molar-refractivity contribution in [3.8, 4) is 11.3 Å². The molecule has 0 unspecified atom stereocenters. The molecule has 3 aromatic rings. The molecule has 0 aliphatic carbocycles. The van der Waals surface area contributed by atoms with E-state index in [1.54, 1.807) is 12.1 Å². The molecular formula is C19H18ClN3O4S2. The van der Waals surface area contributed by atoms with E-state index in [9.17, 15) is 13.2 Å². The van der Waals surface area contributed by atoms with E-state index in [1.807, 2.05) is 19.1 Å². The van der Waals surface area contributed by atoms with E-state index in [0.29, 0.717) is 15.7 Å². The molecule has 0 aliphatic heterocycles. The largest absolute Gasteiger partial charge is 0.298 e. The Morgan fingerprint density at radius 1 is 1.14 bits per heavy atom. The highest BCUT2D eigenvalue weighted by atomic mass is 35.5. The second-order valence-corrected chi connectivity index (χ2v) is 9.58. The van der Waals surface area contributed by atoms with Crippen molar-refractivity contribution in [1.29, 1.82) is 0 Å². The van der Waals surface area contributed by atoms with Crippen LogP contribution in [0.3, 0.4) is 0 Å². The number of carbonyl (C=O) groups is 1. The lowest BCUT2D eigenvalue weighted by Crippen LogP contribution is -2.25. The summed E-state index contributed by atoms with van der Waals surface area (Å²) >= 11 is 7.28. The van der Waals surface area contributed by atoms with Gasteiger partial charge in [-0.15, -0.1) is 11.3 Å². The molecule has 1 amide bonds. The minimum Gasteiger partial charge on any atom is -0.298 e. The molecule has 152 valence electrons. The summed E-state index contributed by atoms with van der Waals surface area (Å²) in [6.45, 7) is 1.92. The number of anilines is 1. The fraction of sp³-hybridized carbons (Fsp3) is 0.158. The summed E-state index contributed by atoms with van der Waals surface area (Å²) < 4.78 is 25.2. The fourth-order valence-corrected chi connectivity index (χ4v) is 4.45. The average molecular weight is 452 g/mol. The molecule has 1 heterocycles. The lowest BCUT2D eigenvalue weighted by molar-refractivity contribution is -0.0258. The molecule has 2 aromatic carbocycles. The van der Waals surface area contributed by atoms with Crippen LogP contribution < -0.4 is 5.32 Å². The Bertz CT molecular complexity index is 1130. The molecule has 10 heteroatoms. The van der Waals surface area contributed by atoms with Crippen LogP contribution in [-0.2, 0) is 14.9 Å². The number of sulfonamides is 1. The van der Waals surface area contributed by atoms with E-state index < -0.39 is 10.0 Å². The highest BCUT2D eigenvalue weighted by molar-refractivity contribution is 7.89. The second-order valence-electron chi connectivity index (χ2n) is 6.01. The van der Waals surface area contributed by atoms with Crippen molar-refractivity contribution >= 4 is 44.0 Å². The van der Waals surface area contributed by atoms with Crippen molar-refractivity contribution < 1.29 is 18.0 Å². The molecule has 0 spiro atoms. The van der Waals surface area contributed by atoms with Gasteiger partial charge in [-0.3, -0.25) is 14.9 Å². The summed E-state index contributed by atoms with van der Waals surface area (Å²) in [4.78, 5) is 22.7. The molecule has 0 bridgehead atoms. The van der Waals surface area contributed by atoms with Gasteiger partial charge in [0.2, 0.25) is 0 Å². The quantitative estimate of drug-likeness (QED) is 0.567. The summed E-state index contributed by atoms with van der Waals surface area (Å²) in [6, 6.07) is 12.9. The number of thiazole rings is 1. The van der Waals surface area contributed by atoms with Crippen molar-refractivity contribution in [3.05, 3.63) is 64.0 Å². The molecule has 0 atom stereocenters. The smallest absolute Gasteiger partial charge is 0.264 e. The Labute approximate surface area is 177 Å². The third-order valence-corrected chi connectivity index (χ3v) is 6.98. The molecular weight excluding hydrogens is 434 g/mol. The molecule has 1 N–H and O–H groups in total. The van der Waals surface area contributed by atoms with Gasteiger partial charge in [-0.25, -0.2) is 13.4 Å². The zero-order valence-electron chi connectivity index (χ0n) is 15.8. The van der Waals surface area contributed by atoms with E-state index in [2.05, 4.69) is 10.3 Å². The van der Waals surface area contributed by atoms with Crippen molar-refractivity contribution in [2.24, 2.45) is 0 Å². The molecule has 0 radical (unpaired) electrons. The van der Waals surface area contributed by atoms with Crippen LogP contribution in [0.2, 0.25) is 5.02 Å². The van der Waals surface area contributed by atoms with Crippen LogP contribution in [0.15, 0.2) is 53.4 Å². The summed E-state index contributed by atoms with van der Waals surface area (Å²) in [5, 5.41) is 3.84. The lowest BCUT2D eigenvalue weighted by Gasteiger charge is -2.14. The van der Waals surface area contributed by atoms with Crippen LogP contribution in [0.25, 0.3) is 11.3 Å². The monoisotopic (exact) mass is 451 g/mol. The van der Waals surface area contributed by atoms with E-state index in [1.165, 1.54) is 49.8 Å². The number of benzene rings is 2. The maximum absolute atomic E-state index is 12.5. The molecule has 0 saturated heterocycles. The van der Waals surface area contributed by atoms with Crippen molar-refractivity contribution in [2.75, 3.05) is 19.5 Å². The maximum Gasteiger partial charge on any atom is 0.264 e. The van der Waals surface area contributed by atoms with Crippen LogP contribution in [0, 0.1) is 6.92 Å². The molecule has 0 fully saturated rings. The van der Waals surface area contributed by atoms with Gasteiger partial charge in [0.1, 0.15) is 0 Å². The first-order chi connectivity index (χ1) is 13.7. The van der Waals surface area contributed by atoms with Crippen LogP contribution in [0.4, 0.5) is 5.13 Å². The molecule has 0 saturated carbocycles. The number of aromatic nitrogens is 1. The topological polar surface area (TPSA) is 88.6 Å². The minimum absolute atomic E-state index is 0.0218. The standard InChI is InChI=1S/C19H18ClN3O4S2/c1-12-17(13-4-8-15(20)9-5-13)21-19(28-12)22-18(24)14-6-10-16(11-7-14)29(25,26)23(2)27-3/h4-11H,1-3H3,(H,21,22,24). The number of hydroxylamine groups is 1. The first kappa shape index (κ1) is 21.4. The normalized spacial score (nSPS) is 11.6. The summed E-state index contributed by atoms with van der Waals surface area (Å²) in [5.74, 6) is -0.384. The first-order valence-electron chi connectivity index (χ1n) is 8.40. The molecule has 1 aromatic heterocycles. The number of nitrogens with zero attached hydrogens (tertiary/aromatic N) is 2. The Morgan fingerprint density at radius 3 is 2.34 bits per heavy atom. The van der Waals surface area contributed by atoms with Crippen molar-refractivity contribution in [2.45, 2.75) is 11.8 Å². The number of carbonyl (C=O) groups excluding carboxylic acids is 1. The molecule has 7 nitrogen and oxygen atoms in total. The maximum atomic E-state index is 12.5. The number of hydrogen-bond donors (Lipinski definition) is 1. The fourth-order valence-electron chi connectivity index (χ4n) is 2.52. The van der Waals surface area contributed by atoms with Crippen LogP contribution in [-0.4, -0.2) is 37.9 Å². The van der Waals surface area contributed by atoms with Gasteiger partial charge in [0, 0.05) is 28.1 Å². The van der Waals surface area contributed by atoms with Gasteiger partial charge >= 0.3 is 0 Å². The van der Waals surface area contributed by atoms with E-state index in [4.69, 9.17) is 16.4 Å². The zero-order chi connectivity index (χ0) is 21.2. The van der Waals surface area contributed by atoms with E-state index >= 15 is 0 Å². The Kier molecular flexibility index (Phi) is 6.35. The van der Waals surface area contributed by atoms with Crippen LogP contribution in [0.5, 0.6) is 0 Å². The summed E-state index contributed by atoms with van der Waals surface area (Å²) in [6.07, 6.45) is 0. The van der Waals surface area contributed by atoms with Gasteiger partial charge in [-0.2, -0.15) is 0 Å². The lowest BCUT2D eigenvalue weighted by atomic mass is 10.1. The third kappa shape index (κ3) is 4.65. The van der Waals surface area contributed by atoms with Crippen molar-refractivity contribution in [3.63, 3.8) is 0 Å². The molecule has 0 aliphatic rings. The highest BCUT2D eigenvalue weighted by Gasteiger charge is 2.21. The summed E-state index contributed by atoms with van der Waals surface area (Å²) in [5.41, 5.74) is 1.98. The second kappa shape index (κ2) is 8.60. The number of aryl methyl sites for hydroxylation is 1. The number of halogens is 1. The third-order valence-electron chi connectivity index (χ3n) is 4.14. The average Bonchev–Trinajstić information content (AvgIpc) is 3.07. The Hall–Kier alpha value is -2.30. The van der Waals surface area contributed by atoms with Gasteiger partial charge in [0.05, 0.1) is 17.7 Å². The first-order valence-corrected chi connectivity index (χ1v) is 11.0. The number of rotatable bonds is 6. The van der Waals surface area contributed by atoms with Gasteiger partial charge in [0.25, 0.3) is 15.9 Å². The predicted octanol–water partition coefficient (Wildman–Crippen LogP) is 4.21. The Balaban J connectivity index is 1.77. The van der Waals surface area contributed by atoms with Crippen LogP contribution in [0.1, 0.15) is 15.2 Å². The van der Waals surface area contributed by atoms with Crippen molar-refractivity contribution in [1.82, 2.24) is 9.45 Å². The predicted molar refractivity (Wildman–Crippen MR) is 114 cm³/mol. The van der Waals surface area contributed by atoms with E-state index in [-0.39, 0.29) is 10.8 Å². The highest BCUT2D eigenvalue weighted by Crippen LogP contribution is 2.31. The van der Waals surface area contributed by atoms with Gasteiger partial charge in [0.15, 0.2) is 5.13 Å².